The Morgan fingerprint density at radius 3 is 2.28 bits per heavy atom. The normalized spacial score (nSPS) is 10.3. The Bertz CT molecular complexity index is 969. The van der Waals surface area contributed by atoms with Crippen LogP contribution in [0, 0.1) is 13.8 Å². The van der Waals surface area contributed by atoms with E-state index >= 15 is 0 Å². The number of aryl methyl sites for hydroxylation is 2. The van der Waals surface area contributed by atoms with Crippen LogP contribution in [0.3, 0.4) is 0 Å². The number of carbonyl (C=O) groups is 1. The summed E-state index contributed by atoms with van der Waals surface area (Å²) >= 11 is 0. The van der Waals surface area contributed by atoms with Crippen LogP contribution in [0.4, 0.5) is 23.0 Å². The predicted octanol–water partition coefficient (Wildman–Crippen LogP) is 3.92. The van der Waals surface area contributed by atoms with Crippen molar-refractivity contribution >= 4 is 28.9 Å². The molecule has 0 fully saturated rings. The summed E-state index contributed by atoms with van der Waals surface area (Å²) in [6.07, 6.45) is 0. The number of amides is 1. The fraction of sp³-hybridized carbons (Fsp3) is 0.227. The molecule has 0 unspecified atom stereocenters. The van der Waals surface area contributed by atoms with Crippen LogP contribution < -0.4 is 20.3 Å². The number of aromatic nitrogens is 2. The number of nitrogens with one attached hydrogen (secondary N) is 2. The zero-order valence-electron chi connectivity index (χ0n) is 17.1. The van der Waals surface area contributed by atoms with Crippen LogP contribution in [0.15, 0.2) is 54.6 Å². The van der Waals surface area contributed by atoms with Crippen LogP contribution in [0.5, 0.6) is 5.75 Å². The molecule has 0 radical (unpaired) electrons. The lowest BCUT2D eigenvalue weighted by molar-refractivity contribution is -0.118. The molecule has 0 aliphatic heterocycles. The zero-order valence-corrected chi connectivity index (χ0v) is 17.1. The van der Waals surface area contributed by atoms with Crippen molar-refractivity contribution < 1.29 is 9.53 Å². The molecule has 0 saturated carbocycles. The molecule has 1 heterocycles. The molecule has 0 bridgehead atoms. The first-order valence-corrected chi connectivity index (χ1v) is 9.28. The summed E-state index contributed by atoms with van der Waals surface area (Å²) in [6, 6.07) is 16.9. The Kier molecular flexibility index (Phi) is 6.29. The molecule has 3 rings (SSSR count). The maximum absolute atomic E-state index is 12.1. The first-order chi connectivity index (χ1) is 13.9. The van der Waals surface area contributed by atoms with Crippen molar-refractivity contribution in [3.8, 4) is 5.75 Å². The van der Waals surface area contributed by atoms with Gasteiger partial charge >= 0.3 is 0 Å². The largest absolute Gasteiger partial charge is 0.484 e. The molecule has 2 N–H and O–H groups in total. The number of benzene rings is 2. The van der Waals surface area contributed by atoms with Gasteiger partial charge in [-0.1, -0.05) is 17.7 Å². The van der Waals surface area contributed by atoms with E-state index in [0.717, 1.165) is 17.1 Å². The molecular weight excluding hydrogens is 366 g/mol. The van der Waals surface area contributed by atoms with Crippen molar-refractivity contribution in [3.63, 3.8) is 0 Å². The molecule has 0 aliphatic rings. The van der Waals surface area contributed by atoms with Gasteiger partial charge in [-0.05, 0) is 50.2 Å². The number of hydrogen-bond acceptors (Lipinski definition) is 6. The fourth-order valence-corrected chi connectivity index (χ4v) is 2.61. The molecule has 7 heteroatoms. The van der Waals surface area contributed by atoms with Crippen LogP contribution in [-0.2, 0) is 4.79 Å². The highest BCUT2D eigenvalue weighted by Crippen LogP contribution is 2.20. The van der Waals surface area contributed by atoms with E-state index in [-0.39, 0.29) is 12.5 Å². The SMILES string of the molecule is Cc1ccc(OCC(=O)Nc2ccc(Nc3cc(N(C)C)nc(C)n3)cc2)cc1. The van der Waals surface area contributed by atoms with E-state index in [1.54, 1.807) is 0 Å². The van der Waals surface area contributed by atoms with Gasteiger partial charge in [-0.3, -0.25) is 4.79 Å². The summed E-state index contributed by atoms with van der Waals surface area (Å²) in [5, 5.41) is 6.08. The summed E-state index contributed by atoms with van der Waals surface area (Å²) in [4.78, 5) is 22.8. The Labute approximate surface area is 170 Å². The molecular formula is C22H25N5O2. The highest BCUT2D eigenvalue weighted by molar-refractivity contribution is 5.92. The molecule has 3 aromatic rings. The van der Waals surface area contributed by atoms with Crippen LogP contribution in [-0.4, -0.2) is 36.6 Å². The predicted molar refractivity (Wildman–Crippen MR) is 116 cm³/mol. The lowest BCUT2D eigenvalue weighted by Crippen LogP contribution is -2.20. The minimum atomic E-state index is -0.215. The van der Waals surface area contributed by atoms with Gasteiger partial charge in [0.2, 0.25) is 0 Å². The summed E-state index contributed by atoms with van der Waals surface area (Å²) in [7, 11) is 3.87. The molecule has 2 aromatic carbocycles. The average molecular weight is 391 g/mol. The van der Waals surface area contributed by atoms with Crippen LogP contribution in [0.2, 0.25) is 0 Å². The van der Waals surface area contributed by atoms with Crippen molar-refractivity contribution in [2.45, 2.75) is 13.8 Å². The second kappa shape index (κ2) is 9.05. The van der Waals surface area contributed by atoms with Crippen molar-refractivity contribution in [2.24, 2.45) is 0 Å². The van der Waals surface area contributed by atoms with Crippen molar-refractivity contribution in [1.29, 1.82) is 0 Å². The summed E-state index contributed by atoms with van der Waals surface area (Å²) in [5.41, 5.74) is 2.70. The molecule has 1 aromatic heterocycles. The van der Waals surface area contributed by atoms with Gasteiger partial charge in [-0.2, -0.15) is 0 Å². The van der Waals surface area contributed by atoms with E-state index in [0.29, 0.717) is 23.1 Å². The molecule has 0 atom stereocenters. The first kappa shape index (κ1) is 20.1. The van der Waals surface area contributed by atoms with Gasteiger partial charge in [0.05, 0.1) is 0 Å². The van der Waals surface area contributed by atoms with E-state index < -0.39 is 0 Å². The quantitative estimate of drug-likeness (QED) is 0.635. The Morgan fingerprint density at radius 1 is 0.966 bits per heavy atom. The van der Waals surface area contributed by atoms with Gasteiger partial charge in [0, 0.05) is 31.5 Å². The van der Waals surface area contributed by atoms with E-state index in [4.69, 9.17) is 4.74 Å². The van der Waals surface area contributed by atoms with E-state index in [9.17, 15) is 4.79 Å². The average Bonchev–Trinajstić information content (AvgIpc) is 2.68. The molecule has 0 spiro atoms. The number of anilines is 4. The zero-order chi connectivity index (χ0) is 20.8. The van der Waals surface area contributed by atoms with Crippen molar-refractivity contribution in [1.82, 2.24) is 9.97 Å². The van der Waals surface area contributed by atoms with Gasteiger partial charge in [0.15, 0.2) is 6.61 Å². The topological polar surface area (TPSA) is 79.4 Å². The second-order valence-corrected chi connectivity index (χ2v) is 6.91. The number of ether oxygens (including phenoxy) is 1. The van der Waals surface area contributed by atoms with E-state index in [1.165, 1.54) is 0 Å². The second-order valence-electron chi connectivity index (χ2n) is 6.91. The van der Waals surface area contributed by atoms with E-state index in [1.807, 2.05) is 87.4 Å². The third-order valence-corrected chi connectivity index (χ3v) is 4.11. The van der Waals surface area contributed by atoms with Crippen LogP contribution in [0.25, 0.3) is 0 Å². The third-order valence-electron chi connectivity index (χ3n) is 4.11. The maximum atomic E-state index is 12.1. The van der Waals surface area contributed by atoms with Crippen LogP contribution in [0.1, 0.15) is 11.4 Å². The number of rotatable bonds is 7. The monoisotopic (exact) mass is 391 g/mol. The minimum Gasteiger partial charge on any atom is -0.484 e. The molecule has 0 saturated heterocycles. The number of carbonyl (C=O) groups excluding carboxylic acids is 1. The molecule has 29 heavy (non-hydrogen) atoms. The smallest absolute Gasteiger partial charge is 0.262 e. The van der Waals surface area contributed by atoms with Gasteiger partial charge in [0.25, 0.3) is 5.91 Å². The highest BCUT2D eigenvalue weighted by Gasteiger charge is 2.06. The minimum absolute atomic E-state index is 0.0451. The van der Waals surface area contributed by atoms with Gasteiger partial charge in [-0.25, -0.2) is 9.97 Å². The standard InChI is InChI=1S/C22H25N5O2/c1-15-5-11-19(12-6-15)29-14-22(28)26-18-9-7-17(8-10-18)25-20-13-21(27(3)4)24-16(2)23-20/h5-13H,14H2,1-4H3,(H,26,28)(H,23,24,25). The van der Waals surface area contributed by atoms with Crippen molar-refractivity contribution in [3.05, 3.63) is 66.0 Å². The Hall–Kier alpha value is -3.61. The summed E-state index contributed by atoms with van der Waals surface area (Å²) in [6.45, 7) is 3.81. The molecule has 0 aliphatic carbocycles. The summed E-state index contributed by atoms with van der Waals surface area (Å²) in [5.74, 6) is 2.69. The van der Waals surface area contributed by atoms with E-state index in [2.05, 4.69) is 20.6 Å². The first-order valence-electron chi connectivity index (χ1n) is 9.28. The lowest BCUT2D eigenvalue weighted by atomic mass is 10.2. The highest BCUT2D eigenvalue weighted by atomic mass is 16.5. The lowest BCUT2D eigenvalue weighted by Gasteiger charge is -2.14. The van der Waals surface area contributed by atoms with Gasteiger partial charge in [0.1, 0.15) is 23.2 Å². The molecule has 150 valence electrons. The molecule has 1 amide bonds. The molecule has 7 nitrogen and oxygen atoms in total. The van der Waals surface area contributed by atoms with Crippen molar-refractivity contribution in [2.75, 3.05) is 36.2 Å². The Morgan fingerprint density at radius 2 is 1.62 bits per heavy atom. The number of hydrogen-bond donors (Lipinski definition) is 2. The van der Waals surface area contributed by atoms with Gasteiger partial charge in [-0.15, -0.1) is 0 Å². The van der Waals surface area contributed by atoms with Gasteiger partial charge < -0.3 is 20.3 Å². The fourth-order valence-electron chi connectivity index (χ4n) is 2.61. The maximum Gasteiger partial charge on any atom is 0.262 e. The summed E-state index contributed by atoms with van der Waals surface area (Å²) < 4.78 is 5.50. The van der Waals surface area contributed by atoms with Crippen LogP contribution >= 0.6 is 0 Å². The Balaban J connectivity index is 1.56. The number of nitrogens with zero attached hydrogens (tertiary/aromatic N) is 3. The third kappa shape index (κ3) is 5.93.